The van der Waals surface area contributed by atoms with Gasteiger partial charge < -0.3 is 11.1 Å². The summed E-state index contributed by atoms with van der Waals surface area (Å²) in [5.74, 6) is 0.425. The molecular weight excluding hydrogens is 356 g/mol. The van der Waals surface area contributed by atoms with Gasteiger partial charge in [0.2, 0.25) is 10.0 Å². The second-order valence-corrected chi connectivity index (χ2v) is 8.18. The second kappa shape index (κ2) is 7.52. The number of nitrogens with one attached hydrogen (secondary N) is 1. The largest absolute Gasteiger partial charge is 0.352 e. The van der Waals surface area contributed by atoms with Crippen LogP contribution < -0.4 is 11.1 Å². The first-order valence-corrected chi connectivity index (χ1v) is 9.79. The van der Waals surface area contributed by atoms with Crippen molar-refractivity contribution in [3.63, 3.8) is 0 Å². The Bertz CT molecular complexity index is 895. The van der Waals surface area contributed by atoms with Crippen LogP contribution in [-0.2, 0) is 23.5 Å². The Morgan fingerprint density at radius 1 is 1.42 bits per heavy atom. The summed E-state index contributed by atoms with van der Waals surface area (Å²) in [7, 11) is -1.86. The zero-order chi connectivity index (χ0) is 18.7. The Kier molecular flexibility index (Phi) is 5.35. The molecule has 1 amide bonds. The molecule has 0 spiro atoms. The Balaban J connectivity index is 1.66. The van der Waals surface area contributed by atoms with Gasteiger partial charge in [0, 0.05) is 44.7 Å². The Labute approximate surface area is 152 Å². The van der Waals surface area contributed by atoms with Gasteiger partial charge in [0.15, 0.2) is 0 Å². The van der Waals surface area contributed by atoms with Crippen molar-refractivity contribution in [2.24, 2.45) is 12.8 Å². The van der Waals surface area contributed by atoms with Crippen molar-refractivity contribution >= 4 is 15.9 Å². The number of aromatic nitrogens is 3. The molecule has 1 aromatic carbocycles. The van der Waals surface area contributed by atoms with E-state index in [4.69, 9.17) is 5.73 Å². The van der Waals surface area contributed by atoms with E-state index in [0.717, 1.165) is 5.82 Å². The highest BCUT2D eigenvalue weighted by molar-refractivity contribution is 7.89. The zero-order valence-corrected chi connectivity index (χ0v) is 15.3. The molecule has 2 aromatic rings. The minimum atomic E-state index is -3.64. The highest BCUT2D eigenvalue weighted by atomic mass is 32.2. The van der Waals surface area contributed by atoms with Gasteiger partial charge in [-0.2, -0.15) is 9.40 Å². The summed E-state index contributed by atoms with van der Waals surface area (Å²) in [5, 5.41) is 6.74. The molecule has 140 valence electrons. The van der Waals surface area contributed by atoms with Gasteiger partial charge in [-0.15, -0.1) is 0 Å². The standard InChI is InChI=1S/C16H22N6O3S/c1-21-15(19-11-20-21)5-7-18-16(23)12-3-2-4-14(9-12)26(24,25)22-8-6-13(17)10-22/h2-4,9,11,13H,5-8,10,17H2,1H3,(H,18,23)/t13-/m1/s1. The number of hydrogen-bond acceptors (Lipinski definition) is 6. The average Bonchev–Trinajstić information content (AvgIpc) is 3.24. The van der Waals surface area contributed by atoms with E-state index < -0.39 is 10.0 Å². The molecule has 0 aliphatic carbocycles. The van der Waals surface area contributed by atoms with Crippen LogP contribution in [-0.4, -0.2) is 59.1 Å². The summed E-state index contributed by atoms with van der Waals surface area (Å²) < 4.78 is 28.4. The number of nitrogens with two attached hydrogens (primary N) is 1. The van der Waals surface area contributed by atoms with Crippen molar-refractivity contribution < 1.29 is 13.2 Å². The molecule has 1 fully saturated rings. The highest BCUT2D eigenvalue weighted by Crippen LogP contribution is 2.21. The first-order chi connectivity index (χ1) is 12.4. The summed E-state index contributed by atoms with van der Waals surface area (Å²) >= 11 is 0. The number of nitrogens with zero attached hydrogens (tertiary/aromatic N) is 4. The molecule has 0 radical (unpaired) electrons. The predicted octanol–water partition coefficient (Wildman–Crippen LogP) is -0.491. The van der Waals surface area contributed by atoms with Crippen LogP contribution in [0.2, 0.25) is 0 Å². The van der Waals surface area contributed by atoms with E-state index in [1.807, 2.05) is 0 Å². The number of amides is 1. The lowest BCUT2D eigenvalue weighted by molar-refractivity contribution is 0.0953. The minimum absolute atomic E-state index is 0.104. The van der Waals surface area contributed by atoms with E-state index >= 15 is 0 Å². The lowest BCUT2D eigenvalue weighted by atomic mass is 10.2. The van der Waals surface area contributed by atoms with Gasteiger partial charge in [0.25, 0.3) is 5.91 Å². The van der Waals surface area contributed by atoms with Crippen molar-refractivity contribution in [1.29, 1.82) is 0 Å². The number of carbonyl (C=O) groups is 1. The van der Waals surface area contributed by atoms with Crippen LogP contribution in [0.5, 0.6) is 0 Å². The fourth-order valence-electron chi connectivity index (χ4n) is 2.86. The van der Waals surface area contributed by atoms with Gasteiger partial charge in [-0.1, -0.05) is 6.07 Å². The van der Waals surface area contributed by atoms with Crippen LogP contribution in [0.1, 0.15) is 22.6 Å². The molecule has 1 atom stereocenters. The SMILES string of the molecule is Cn1ncnc1CCNC(=O)c1cccc(S(=O)(=O)N2CC[C@@H](N)C2)c1. The summed E-state index contributed by atoms with van der Waals surface area (Å²) in [5.41, 5.74) is 6.10. The molecule has 9 nitrogen and oxygen atoms in total. The van der Waals surface area contributed by atoms with E-state index in [1.54, 1.807) is 23.9 Å². The van der Waals surface area contributed by atoms with Crippen molar-refractivity contribution in [2.75, 3.05) is 19.6 Å². The second-order valence-electron chi connectivity index (χ2n) is 6.25. The number of carbonyl (C=O) groups excluding carboxylic acids is 1. The van der Waals surface area contributed by atoms with Crippen molar-refractivity contribution in [1.82, 2.24) is 24.4 Å². The smallest absolute Gasteiger partial charge is 0.251 e. The van der Waals surface area contributed by atoms with Gasteiger partial charge in [-0.3, -0.25) is 9.48 Å². The zero-order valence-electron chi connectivity index (χ0n) is 14.5. The van der Waals surface area contributed by atoms with Gasteiger partial charge in [0.1, 0.15) is 12.2 Å². The van der Waals surface area contributed by atoms with Crippen LogP contribution in [0, 0.1) is 0 Å². The maximum Gasteiger partial charge on any atom is 0.251 e. The number of sulfonamides is 1. The lowest BCUT2D eigenvalue weighted by Gasteiger charge is -2.16. The van der Waals surface area contributed by atoms with E-state index in [-0.39, 0.29) is 16.8 Å². The summed E-state index contributed by atoms with van der Waals surface area (Å²) in [4.78, 5) is 16.5. The molecule has 3 N–H and O–H groups in total. The van der Waals surface area contributed by atoms with Crippen molar-refractivity contribution in [2.45, 2.75) is 23.8 Å². The molecular formula is C16H22N6O3S. The molecule has 1 aliphatic rings. The molecule has 0 bridgehead atoms. The Morgan fingerprint density at radius 3 is 2.88 bits per heavy atom. The van der Waals surface area contributed by atoms with Crippen LogP contribution in [0.15, 0.2) is 35.5 Å². The molecule has 0 unspecified atom stereocenters. The van der Waals surface area contributed by atoms with Crippen LogP contribution in [0.3, 0.4) is 0 Å². The number of hydrogen-bond donors (Lipinski definition) is 2. The fourth-order valence-corrected chi connectivity index (χ4v) is 4.41. The van der Waals surface area contributed by atoms with Crippen LogP contribution >= 0.6 is 0 Å². The maximum atomic E-state index is 12.7. The first kappa shape index (κ1) is 18.5. The molecule has 1 saturated heterocycles. The van der Waals surface area contributed by atoms with Crippen molar-refractivity contribution in [3.8, 4) is 0 Å². The molecule has 10 heteroatoms. The summed E-state index contributed by atoms with van der Waals surface area (Å²) in [6.45, 7) is 1.08. The fraction of sp³-hybridized carbons (Fsp3) is 0.438. The molecule has 2 heterocycles. The first-order valence-electron chi connectivity index (χ1n) is 8.35. The van der Waals surface area contributed by atoms with E-state index in [0.29, 0.717) is 38.0 Å². The van der Waals surface area contributed by atoms with E-state index in [2.05, 4.69) is 15.4 Å². The van der Waals surface area contributed by atoms with Crippen LogP contribution in [0.4, 0.5) is 0 Å². The Hall–Kier alpha value is -2.30. The van der Waals surface area contributed by atoms with E-state index in [9.17, 15) is 13.2 Å². The average molecular weight is 378 g/mol. The molecule has 1 aliphatic heterocycles. The number of benzene rings is 1. The predicted molar refractivity (Wildman–Crippen MR) is 94.8 cm³/mol. The lowest BCUT2D eigenvalue weighted by Crippen LogP contribution is -2.32. The molecule has 3 rings (SSSR count). The third kappa shape index (κ3) is 3.92. The quantitative estimate of drug-likeness (QED) is 0.699. The van der Waals surface area contributed by atoms with Gasteiger partial charge in [0.05, 0.1) is 4.90 Å². The third-order valence-electron chi connectivity index (χ3n) is 4.36. The summed E-state index contributed by atoms with van der Waals surface area (Å²) in [6, 6.07) is 5.91. The van der Waals surface area contributed by atoms with Crippen LogP contribution in [0.25, 0.3) is 0 Å². The maximum absolute atomic E-state index is 12.7. The molecule has 1 aromatic heterocycles. The molecule has 26 heavy (non-hydrogen) atoms. The van der Waals surface area contributed by atoms with Gasteiger partial charge in [-0.05, 0) is 24.6 Å². The number of rotatable bonds is 6. The Morgan fingerprint density at radius 2 is 2.23 bits per heavy atom. The molecule has 0 saturated carbocycles. The van der Waals surface area contributed by atoms with Gasteiger partial charge >= 0.3 is 0 Å². The highest BCUT2D eigenvalue weighted by Gasteiger charge is 2.31. The van der Waals surface area contributed by atoms with E-state index in [1.165, 1.54) is 22.8 Å². The number of aryl methyl sites for hydroxylation is 1. The topological polar surface area (TPSA) is 123 Å². The third-order valence-corrected chi connectivity index (χ3v) is 6.22. The minimum Gasteiger partial charge on any atom is -0.352 e. The summed E-state index contributed by atoms with van der Waals surface area (Å²) in [6.07, 6.45) is 2.63. The van der Waals surface area contributed by atoms with Gasteiger partial charge in [-0.25, -0.2) is 13.4 Å². The van der Waals surface area contributed by atoms with Crippen molar-refractivity contribution in [3.05, 3.63) is 42.0 Å². The monoisotopic (exact) mass is 378 g/mol. The normalized spacial score (nSPS) is 18.2.